The van der Waals surface area contributed by atoms with Crippen LogP contribution in [0.4, 0.5) is 0 Å². The van der Waals surface area contributed by atoms with Crippen LogP contribution < -0.4 is 0 Å². The van der Waals surface area contributed by atoms with Crippen LogP contribution in [0.3, 0.4) is 0 Å². The largest absolute Gasteiger partial charge is 0.377 e. The van der Waals surface area contributed by atoms with Gasteiger partial charge in [0.1, 0.15) is 9.84 Å². The van der Waals surface area contributed by atoms with Gasteiger partial charge in [0.15, 0.2) is 0 Å². The molecule has 1 aliphatic rings. The summed E-state index contributed by atoms with van der Waals surface area (Å²) in [7, 11) is -2.83. The van der Waals surface area contributed by atoms with Gasteiger partial charge < -0.3 is 4.74 Å². The Kier molecular flexibility index (Phi) is 2.31. The molecule has 0 unspecified atom stereocenters. The normalized spacial score (nSPS) is 27.1. The third-order valence-corrected chi connectivity index (χ3v) is 2.49. The quantitative estimate of drug-likeness (QED) is 0.586. The van der Waals surface area contributed by atoms with E-state index in [0.717, 1.165) is 19.4 Å². The van der Waals surface area contributed by atoms with E-state index in [-0.39, 0.29) is 11.9 Å². The number of sulfone groups is 1. The summed E-state index contributed by atoms with van der Waals surface area (Å²) in [5, 5.41) is 0. The molecule has 0 saturated carbocycles. The fourth-order valence-electron chi connectivity index (χ4n) is 1.11. The third kappa shape index (κ3) is 2.66. The topological polar surface area (TPSA) is 43.4 Å². The molecule has 60 valence electrons. The number of rotatable bonds is 2. The summed E-state index contributed by atoms with van der Waals surface area (Å²) >= 11 is 0. The van der Waals surface area contributed by atoms with Gasteiger partial charge in [-0.05, 0) is 12.8 Å². The molecule has 1 heterocycles. The van der Waals surface area contributed by atoms with Gasteiger partial charge in [-0.1, -0.05) is 0 Å². The summed E-state index contributed by atoms with van der Waals surface area (Å²) < 4.78 is 26.6. The molecule has 1 aliphatic heterocycles. The summed E-state index contributed by atoms with van der Waals surface area (Å²) in [5.74, 6) is 0.188. The van der Waals surface area contributed by atoms with Crippen LogP contribution in [0.2, 0.25) is 0 Å². The Hall–Kier alpha value is -0.0900. The highest BCUT2D eigenvalue weighted by Crippen LogP contribution is 2.12. The molecule has 0 spiro atoms. The lowest BCUT2D eigenvalue weighted by Crippen LogP contribution is -2.18. The van der Waals surface area contributed by atoms with Gasteiger partial charge in [-0.2, -0.15) is 0 Å². The summed E-state index contributed by atoms with van der Waals surface area (Å²) in [6.07, 6.45) is 3.11. The van der Waals surface area contributed by atoms with E-state index in [4.69, 9.17) is 4.74 Å². The summed E-state index contributed by atoms with van der Waals surface area (Å²) in [5.41, 5.74) is 0. The van der Waals surface area contributed by atoms with Crippen molar-refractivity contribution in [2.45, 2.75) is 18.9 Å². The Balaban J connectivity index is 2.38. The second kappa shape index (κ2) is 2.88. The summed E-state index contributed by atoms with van der Waals surface area (Å²) in [6, 6.07) is 0. The highest BCUT2D eigenvalue weighted by Gasteiger charge is 2.19. The minimum Gasteiger partial charge on any atom is -0.377 e. The van der Waals surface area contributed by atoms with Crippen LogP contribution in [0.1, 0.15) is 12.8 Å². The Morgan fingerprint density at radius 3 is 2.70 bits per heavy atom. The van der Waals surface area contributed by atoms with Gasteiger partial charge in [-0.3, -0.25) is 0 Å². The van der Waals surface area contributed by atoms with Crippen molar-refractivity contribution in [1.29, 1.82) is 0 Å². The molecule has 0 N–H and O–H groups in total. The molecule has 0 amide bonds. The van der Waals surface area contributed by atoms with Crippen molar-refractivity contribution in [3.63, 3.8) is 0 Å². The molecule has 0 aromatic heterocycles. The van der Waals surface area contributed by atoms with Crippen molar-refractivity contribution in [2.75, 3.05) is 18.6 Å². The third-order valence-electron chi connectivity index (χ3n) is 1.51. The first-order valence-electron chi connectivity index (χ1n) is 3.37. The average Bonchev–Trinajstić information content (AvgIpc) is 2.12. The first-order valence-corrected chi connectivity index (χ1v) is 5.43. The molecule has 0 aromatic rings. The SMILES string of the molecule is CS(=O)(=O)C[C@@H]1CCCO1. The monoisotopic (exact) mass is 164 g/mol. The van der Waals surface area contributed by atoms with E-state index >= 15 is 0 Å². The minimum atomic E-state index is -2.83. The van der Waals surface area contributed by atoms with Crippen LogP contribution in [0.15, 0.2) is 0 Å². The molecule has 1 fully saturated rings. The maximum absolute atomic E-state index is 10.7. The van der Waals surface area contributed by atoms with Gasteiger partial charge in [-0.25, -0.2) is 8.42 Å². The molecule has 1 saturated heterocycles. The maximum atomic E-state index is 10.7. The standard InChI is InChI=1S/C6H12O3S/c1-10(7,8)5-6-3-2-4-9-6/h6H,2-5H2,1H3/t6-/m0/s1. The molecule has 0 aromatic carbocycles. The fraction of sp³-hybridized carbons (Fsp3) is 1.00. The van der Waals surface area contributed by atoms with Gasteiger partial charge in [0.2, 0.25) is 0 Å². The second-order valence-electron chi connectivity index (χ2n) is 2.73. The lowest BCUT2D eigenvalue weighted by Gasteiger charge is -2.05. The van der Waals surface area contributed by atoms with Crippen LogP contribution in [-0.2, 0) is 14.6 Å². The van der Waals surface area contributed by atoms with E-state index in [1.54, 1.807) is 0 Å². The molecular weight excluding hydrogens is 152 g/mol. The summed E-state index contributed by atoms with van der Waals surface area (Å²) in [6.45, 7) is 0.722. The van der Waals surface area contributed by atoms with Crippen molar-refractivity contribution < 1.29 is 13.2 Å². The van der Waals surface area contributed by atoms with Crippen molar-refractivity contribution in [2.24, 2.45) is 0 Å². The highest BCUT2D eigenvalue weighted by molar-refractivity contribution is 7.90. The fourth-order valence-corrected chi connectivity index (χ4v) is 2.05. The Bertz CT molecular complexity index is 189. The summed E-state index contributed by atoms with van der Waals surface area (Å²) in [4.78, 5) is 0. The van der Waals surface area contributed by atoms with Crippen molar-refractivity contribution in [3.8, 4) is 0 Å². The Labute approximate surface area is 61.3 Å². The molecule has 0 radical (unpaired) electrons. The van der Waals surface area contributed by atoms with E-state index in [9.17, 15) is 8.42 Å². The van der Waals surface area contributed by atoms with Crippen LogP contribution in [0.25, 0.3) is 0 Å². The Morgan fingerprint density at radius 2 is 2.30 bits per heavy atom. The zero-order chi connectivity index (χ0) is 7.61. The highest BCUT2D eigenvalue weighted by atomic mass is 32.2. The van der Waals surface area contributed by atoms with Gasteiger partial charge in [0, 0.05) is 12.9 Å². The molecule has 0 aliphatic carbocycles. The number of hydrogen-bond donors (Lipinski definition) is 0. The predicted octanol–water partition coefficient (Wildman–Crippen LogP) is 0.210. The predicted molar refractivity (Wildman–Crippen MR) is 38.7 cm³/mol. The number of ether oxygens (including phenoxy) is 1. The van der Waals surface area contributed by atoms with Crippen molar-refractivity contribution in [1.82, 2.24) is 0 Å². The lowest BCUT2D eigenvalue weighted by molar-refractivity contribution is 0.127. The maximum Gasteiger partial charge on any atom is 0.149 e. The first-order chi connectivity index (χ1) is 4.58. The van der Waals surface area contributed by atoms with Crippen LogP contribution in [0, 0.1) is 0 Å². The molecule has 3 nitrogen and oxygen atoms in total. The van der Waals surface area contributed by atoms with Gasteiger partial charge in [0.05, 0.1) is 11.9 Å². The van der Waals surface area contributed by atoms with Crippen LogP contribution >= 0.6 is 0 Å². The molecular formula is C6H12O3S. The van der Waals surface area contributed by atoms with Crippen LogP contribution in [-0.4, -0.2) is 33.1 Å². The lowest BCUT2D eigenvalue weighted by atomic mass is 10.3. The minimum absolute atomic E-state index is 0.0324. The molecule has 4 heteroatoms. The zero-order valence-electron chi connectivity index (χ0n) is 6.04. The molecule has 10 heavy (non-hydrogen) atoms. The van der Waals surface area contributed by atoms with E-state index in [2.05, 4.69) is 0 Å². The number of hydrogen-bond acceptors (Lipinski definition) is 3. The van der Waals surface area contributed by atoms with E-state index in [1.165, 1.54) is 6.26 Å². The second-order valence-corrected chi connectivity index (χ2v) is 4.91. The van der Waals surface area contributed by atoms with Gasteiger partial charge in [-0.15, -0.1) is 0 Å². The smallest absolute Gasteiger partial charge is 0.149 e. The van der Waals surface area contributed by atoms with Gasteiger partial charge in [0.25, 0.3) is 0 Å². The molecule has 0 bridgehead atoms. The van der Waals surface area contributed by atoms with E-state index in [1.807, 2.05) is 0 Å². The average molecular weight is 164 g/mol. The zero-order valence-corrected chi connectivity index (χ0v) is 6.86. The van der Waals surface area contributed by atoms with Crippen molar-refractivity contribution >= 4 is 9.84 Å². The van der Waals surface area contributed by atoms with E-state index < -0.39 is 9.84 Å². The van der Waals surface area contributed by atoms with Crippen molar-refractivity contribution in [3.05, 3.63) is 0 Å². The van der Waals surface area contributed by atoms with Crippen LogP contribution in [0.5, 0.6) is 0 Å². The Morgan fingerprint density at radius 1 is 1.60 bits per heavy atom. The van der Waals surface area contributed by atoms with E-state index in [0.29, 0.717) is 0 Å². The molecule has 1 rings (SSSR count). The first kappa shape index (κ1) is 8.01. The molecule has 1 atom stereocenters. The van der Waals surface area contributed by atoms with Gasteiger partial charge >= 0.3 is 0 Å².